The number of epoxide rings is 1. The molecule has 1 heterocycles. The van der Waals surface area contributed by atoms with Crippen molar-refractivity contribution in [2.24, 2.45) is 0 Å². The van der Waals surface area contributed by atoms with Gasteiger partial charge in [0.25, 0.3) is 0 Å². The zero-order valence-corrected chi connectivity index (χ0v) is 5.11. The fourth-order valence-corrected chi connectivity index (χ4v) is 0.467. The van der Waals surface area contributed by atoms with Crippen LogP contribution < -0.4 is 17.7 Å². The van der Waals surface area contributed by atoms with Crippen molar-refractivity contribution in [1.82, 2.24) is 0 Å². The van der Waals surface area contributed by atoms with Gasteiger partial charge in [0.05, 0.1) is 13.7 Å². The summed E-state index contributed by atoms with van der Waals surface area (Å²) in [5, 5.41) is 2.14. The molecule has 0 radical (unpaired) electrons. The maximum Gasteiger partial charge on any atom is 0.130 e. The fourth-order valence-electron chi connectivity index (χ4n) is 0.467. The molecular formula is C4H10ClNO. The monoisotopic (exact) mass is 123 g/mol. The van der Waals surface area contributed by atoms with E-state index in [0.717, 1.165) is 13.2 Å². The van der Waals surface area contributed by atoms with Crippen LogP contribution in [0.25, 0.3) is 0 Å². The van der Waals surface area contributed by atoms with Crippen LogP contribution in [0.3, 0.4) is 0 Å². The molecule has 0 aromatic heterocycles. The summed E-state index contributed by atoms with van der Waals surface area (Å²) in [4.78, 5) is 0. The highest BCUT2D eigenvalue weighted by Gasteiger charge is 2.22. The number of quaternary nitrogens is 1. The maximum absolute atomic E-state index is 4.92. The van der Waals surface area contributed by atoms with Gasteiger partial charge >= 0.3 is 0 Å². The number of likely N-dealkylation sites (N-methyl/N-ethyl adjacent to an activating group) is 1. The number of halogens is 1. The first kappa shape index (κ1) is 7.21. The van der Waals surface area contributed by atoms with Crippen molar-refractivity contribution in [2.45, 2.75) is 6.10 Å². The van der Waals surface area contributed by atoms with E-state index >= 15 is 0 Å². The molecule has 0 aliphatic carbocycles. The molecule has 0 aromatic rings. The van der Waals surface area contributed by atoms with E-state index in [1.807, 2.05) is 0 Å². The minimum absolute atomic E-state index is 0. The number of hydrogen-bond acceptors (Lipinski definition) is 1. The first-order chi connectivity index (χ1) is 2.93. The fraction of sp³-hybridized carbons (Fsp3) is 1.00. The van der Waals surface area contributed by atoms with Gasteiger partial charge in [0.1, 0.15) is 12.6 Å². The number of ether oxygens (including phenoxy) is 1. The lowest BCUT2D eigenvalue weighted by molar-refractivity contribution is -0.628. The molecule has 7 heavy (non-hydrogen) atoms. The van der Waals surface area contributed by atoms with Crippen molar-refractivity contribution in [3.05, 3.63) is 0 Å². The Labute approximate surface area is 49.6 Å². The second-order valence-electron chi connectivity index (χ2n) is 1.60. The van der Waals surface area contributed by atoms with Crippen LogP contribution in [0.15, 0.2) is 0 Å². The number of nitrogens with two attached hydrogens (primary N) is 1. The van der Waals surface area contributed by atoms with Crippen molar-refractivity contribution in [3.8, 4) is 0 Å². The summed E-state index contributed by atoms with van der Waals surface area (Å²) in [5.74, 6) is 0. The normalized spacial score (nSPS) is 26.1. The van der Waals surface area contributed by atoms with Crippen LogP contribution in [-0.4, -0.2) is 26.3 Å². The van der Waals surface area contributed by atoms with Crippen molar-refractivity contribution in [2.75, 3.05) is 20.2 Å². The Kier molecular flexibility index (Phi) is 3.34. The zero-order chi connectivity index (χ0) is 4.41. The summed E-state index contributed by atoms with van der Waals surface area (Å²) >= 11 is 0. The molecule has 1 fully saturated rings. The summed E-state index contributed by atoms with van der Waals surface area (Å²) in [6.45, 7) is 2.13. The van der Waals surface area contributed by atoms with Gasteiger partial charge in [-0.3, -0.25) is 0 Å². The van der Waals surface area contributed by atoms with Gasteiger partial charge in [-0.05, 0) is 0 Å². The molecule has 1 aliphatic heterocycles. The van der Waals surface area contributed by atoms with Crippen molar-refractivity contribution >= 4 is 0 Å². The molecule has 3 heteroatoms. The average molecular weight is 124 g/mol. The zero-order valence-electron chi connectivity index (χ0n) is 4.36. The van der Waals surface area contributed by atoms with Crippen LogP contribution in [0.2, 0.25) is 0 Å². The van der Waals surface area contributed by atoms with E-state index < -0.39 is 0 Å². The Morgan fingerprint density at radius 1 is 1.86 bits per heavy atom. The highest BCUT2D eigenvalue weighted by molar-refractivity contribution is 4.64. The lowest BCUT2D eigenvalue weighted by Crippen LogP contribution is -3.00. The molecule has 0 amide bonds. The van der Waals surface area contributed by atoms with Gasteiger partial charge < -0.3 is 22.5 Å². The third kappa shape index (κ3) is 2.85. The van der Waals surface area contributed by atoms with Crippen LogP contribution >= 0.6 is 0 Å². The van der Waals surface area contributed by atoms with Crippen molar-refractivity contribution in [1.29, 1.82) is 0 Å². The molecule has 0 saturated carbocycles. The minimum atomic E-state index is 0. The maximum atomic E-state index is 4.92. The first-order valence-electron chi connectivity index (χ1n) is 2.33. The van der Waals surface area contributed by atoms with Gasteiger partial charge in [-0.15, -0.1) is 0 Å². The van der Waals surface area contributed by atoms with Crippen molar-refractivity contribution < 1.29 is 22.5 Å². The highest BCUT2D eigenvalue weighted by atomic mass is 35.5. The van der Waals surface area contributed by atoms with Crippen LogP contribution in [0.1, 0.15) is 0 Å². The second kappa shape index (κ2) is 3.24. The highest BCUT2D eigenvalue weighted by Crippen LogP contribution is 2.03. The summed E-state index contributed by atoms with van der Waals surface area (Å²) in [6.07, 6.45) is 0.593. The lowest BCUT2D eigenvalue weighted by Gasteiger charge is -1.81. The molecule has 0 aromatic carbocycles. The molecule has 1 unspecified atom stereocenters. The molecule has 2 N–H and O–H groups in total. The average Bonchev–Trinajstić information content (AvgIpc) is 2.21. The Bertz CT molecular complexity index is 47.0. The van der Waals surface area contributed by atoms with E-state index in [1.165, 1.54) is 0 Å². The topological polar surface area (TPSA) is 29.1 Å². The second-order valence-corrected chi connectivity index (χ2v) is 1.60. The quantitative estimate of drug-likeness (QED) is 0.369. The smallest absolute Gasteiger partial charge is 0.130 e. The van der Waals surface area contributed by atoms with Crippen LogP contribution in [0, 0.1) is 0 Å². The lowest BCUT2D eigenvalue weighted by atomic mass is 10.5. The molecule has 44 valence electrons. The first-order valence-corrected chi connectivity index (χ1v) is 2.33. The van der Waals surface area contributed by atoms with Crippen molar-refractivity contribution in [3.63, 3.8) is 0 Å². The van der Waals surface area contributed by atoms with Crippen LogP contribution in [-0.2, 0) is 4.74 Å². The predicted octanol–water partition coefficient (Wildman–Crippen LogP) is -4.42. The van der Waals surface area contributed by atoms with E-state index in [1.54, 1.807) is 0 Å². The molecule has 1 rings (SSSR count). The largest absolute Gasteiger partial charge is 1.00 e. The van der Waals surface area contributed by atoms with E-state index in [2.05, 4.69) is 12.4 Å². The summed E-state index contributed by atoms with van der Waals surface area (Å²) in [7, 11) is 2.06. The minimum Gasteiger partial charge on any atom is -1.00 e. The predicted molar refractivity (Wildman–Crippen MR) is 22.5 cm³/mol. The van der Waals surface area contributed by atoms with E-state index in [-0.39, 0.29) is 12.4 Å². The number of rotatable bonds is 2. The molecule has 1 aliphatic rings. The van der Waals surface area contributed by atoms with Gasteiger partial charge in [-0.25, -0.2) is 0 Å². The van der Waals surface area contributed by atoms with E-state index in [4.69, 9.17) is 4.74 Å². The van der Waals surface area contributed by atoms with E-state index in [0.29, 0.717) is 6.10 Å². The Morgan fingerprint density at radius 2 is 2.43 bits per heavy atom. The SMILES string of the molecule is C[NH2+]CC1CO1.[Cl-]. The Morgan fingerprint density at radius 3 is 2.57 bits per heavy atom. The summed E-state index contributed by atoms with van der Waals surface area (Å²) in [6, 6.07) is 0. The molecule has 0 bridgehead atoms. The van der Waals surface area contributed by atoms with Gasteiger partial charge in [-0.1, -0.05) is 0 Å². The molecular weight excluding hydrogens is 114 g/mol. The van der Waals surface area contributed by atoms with E-state index in [9.17, 15) is 0 Å². The molecule has 1 saturated heterocycles. The van der Waals surface area contributed by atoms with Crippen LogP contribution in [0.5, 0.6) is 0 Å². The molecule has 1 atom stereocenters. The Balaban J connectivity index is 0.000000360. The Hall–Kier alpha value is 0.210. The van der Waals surface area contributed by atoms with Gasteiger partial charge in [0.2, 0.25) is 0 Å². The molecule has 0 spiro atoms. The van der Waals surface area contributed by atoms with Crippen LogP contribution in [0.4, 0.5) is 0 Å². The summed E-state index contributed by atoms with van der Waals surface area (Å²) < 4.78 is 4.92. The summed E-state index contributed by atoms with van der Waals surface area (Å²) in [5.41, 5.74) is 0. The van der Waals surface area contributed by atoms with Gasteiger partial charge in [0, 0.05) is 0 Å². The standard InChI is InChI=1S/C4H9NO.ClH/c1-5-2-4-3-6-4;/h4-5H,2-3H2,1H3;1H. The molecule has 2 nitrogen and oxygen atoms in total. The van der Waals surface area contributed by atoms with Gasteiger partial charge in [-0.2, -0.15) is 0 Å². The third-order valence-corrected chi connectivity index (χ3v) is 0.901. The van der Waals surface area contributed by atoms with Gasteiger partial charge in [0.15, 0.2) is 0 Å². The number of hydrogen-bond donors (Lipinski definition) is 1. The third-order valence-electron chi connectivity index (χ3n) is 0.901.